The number of aryl methyl sites for hydroxylation is 2. The summed E-state index contributed by atoms with van der Waals surface area (Å²) >= 11 is 5.90. The summed E-state index contributed by atoms with van der Waals surface area (Å²) in [5, 5.41) is 9.24. The molecule has 0 radical (unpaired) electrons. The molecule has 0 aliphatic rings. The number of carbonyl (C=O) groups is 2. The number of benzene rings is 2. The van der Waals surface area contributed by atoms with Crippen molar-refractivity contribution in [1.82, 2.24) is 0 Å². The van der Waals surface area contributed by atoms with Gasteiger partial charge in [-0.2, -0.15) is 0 Å². The van der Waals surface area contributed by atoms with Crippen molar-refractivity contribution < 1.29 is 19.2 Å². The topological polar surface area (TPSA) is 89.0 Å². The van der Waals surface area contributed by atoms with Gasteiger partial charge >= 0.3 is 0 Å². The summed E-state index contributed by atoms with van der Waals surface area (Å²) in [6, 6.07) is 10.5. The number of ether oxygens (including phenoxy) is 1. The zero-order valence-corrected chi connectivity index (χ0v) is 16.0. The summed E-state index contributed by atoms with van der Waals surface area (Å²) in [6.45, 7) is 3.49. The van der Waals surface area contributed by atoms with E-state index in [0.717, 1.165) is 17.3 Å². The summed E-state index contributed by atoms with van der Waals surface area (Å²) in [7, 11) is 1.48. The Kier molecular flexibility index (Phi) is 7.19. The third-order valence-corrected chi connectivity index (χ3v) is 3.75. The fourth-order valence-electron chi connectivity index (χ4n) is 2.26. The monoisotopic (exact) mass is 389 g/mol. The van der Waals surface area contributed by atoms with Crippen LogP contribution >= 0.6 is 11.6 Å². The molecule has 0 aliphatic carbocycles. The number of methoxy groups -OCH3 is 1. The lowest BCUT2D eigenvalue weighted by Gasteiger charge is -2.10. The first kappa shape index (κ1) is 20.3. The van der Waals surface area contributed by atoms with Crippen molar-refractivity contribution in [3.8, 4) is 5.75 Å². The van der Waals surface area contributed by atoms with E-state index in [2.05, 4.69) is 15.8 Å². The molecular weight excluding hydrogens is 370 g/mol. The molecule has 2 rings (SSSR count). The van der Waals surface area contributed by atoms with E-state index in [9.17, 15) is 9.59 Å². The molecule has 0 aliphatic heterocycles. The van der Waals surface area contributed by atoms with Gasteiger partial charge in [-0.15, -0.1) is 0 Å². The molecule has 7 nitrogen and oxygen atoms in total. The van der Waals surface area contributed by atoms with Crippen LogP contribution in [0.2, 0.25) is 5.02 Å². The maximum Gasteiger partial charge on any atom is 0.270 e. The highest BCUT2D eigenvalue weighted by Crippen LogP contribution is 2.27. The summed E-state index contributed by atoms with van der Waals surface area (Å²) < 4.78 is 5.14. The third-order valence-electron chi connectivity index (χ3n) is 3.52. The zero-order chi connectivity index (χ0) is 19.8. The average Bonchev–Trinajstić information content (AvgIpc) is 2.61. The molecule has 0 bridgehead atoms. The van der Waals surface area contributed by atoms with Crippen LogP contribution in [0.25, 0.3) is 0 Å². The van der Waals surface area contributed by atoms with Crippen molar-refractivity contribution in [3.05, 3.63) is 52.5 Å². The highest BCUT2D eigenvalue weighted by molar-refractivity contribution is 6.31. The number of anilines is 2. The fraction of sp³-hybridized carbons (Fsp3) is 0.211. The smallest absolute Gasteiger partial charge is 0.270 e. The standard InChI is InChI=1S/C19H20ClN3O4/c1-12-4-6-15(13(2)8-12)22-18(24)10-21-27-11-19(25)23-16-9-14(20)5-7-17(16)26-3/h4-10H,11H2,1-3H3,(H,22,24)(H,23,25)/b21-10-. The Morgan fingerprint density at radius 3 is 2.59 bits per heavy atom. The Bertz CT molecular complexity index is 868. The van der Waals surface area contributed by atoms with Gasteiger partial charge in [0.25, 0.3) is 11.8 Å². The number of rotatable bonds is 7. The predicted octanol–water partition coefficient (Wildman–Crippen LogP) is 3.55. The van der Waals surface area contributed by atoms with E-state index in [0.29, 0.717) is 22.1 Å². The Labute approximate surface area is 162 Å². The number of hydrogen-bond acceptors (Lipinski definition) is 5. The van der Waals surface area contributed by atoms with Crippen LogP contribution in [0.3, 0.4) is 0 Å². The molecule has 0 saturated carbocycles. The molecule has 0 saturated heterocycles. The average molecular weight is 390 g/mol. The van der Waals surface area contributed by atoms with E-state index in [1.807, 2.05) is 32.0 Å². The van der Waals surface area contributed by atoms with Gasteiger partial charge in [0.15, 0.2) is 6.61 Å². The summed E-state index contributed by atoms with van der Waals surface area (Å²) in [6.07, 6.45) is 0.965. The quantitative estimate of drug-likeness (QED) is 0.560. The van der Waals surface area contributed by atoms with E-state index < -0.39 is 11.8 Å². The number of hydrogen-bond donors (Lipinski definition) is 2. The summed E-state index contributed by atoms with van der Waals surface area (Å²) in [4.78, 5) is 28.6. The van der Waals surface area contributed by atoms with E-state index in [-0.39, 0.29) is 6.61 Å². The van der Waals surface area contributed by atoms with Gasteiger partial charge < -0.3 is 20.2 Å². The highest BCUT2D eigenvalue weighted by atomic mass is 35.5. The second kappa shape index (κ2) is 9.59. The molecule has 2 amide bonds. The second-order valence-electron chi connectivity index (χ2n) is 5.71. The maximum atomic E-state index is 11.9. The van der Waals surface area contributed by atoms with Gasteiger partial charge in [0.05, 0.1) is 12.8 Å². The van der Waals surface area contributed by atoms with Crippen molar-refractivity contribution in [3.63, 3.8) is 0 Å². The lowest BCUT2D eigenvalue weighted by molar-refractivity contribution is -0.120. The molecule has 8 heteroatoms. The van der Waals surface area contributed by atoms with Gasteiger partial charge in [-0.05, 0) is 43.7 Å². The Hall–Kier alpha value is -3.06. The van der Waals surface area contributed by atoms with Gasteiger partial charge in [0.2, 0.25) is 0 Å². The van der Waals surface area contributed by atoms with Crippen LogP contribution < -0.4 is 15.4 Å². The summed E-state index contributed by atoms with van der Waals surface area (Å²) in [5.74, 6) is -0.467. The largest absolute Gasteiger partial charge is 0.495 e. The Balaban J connectivity index is 1.82. The van der Waals surface area contributed by atoms with Crippen LogP contribution in [0.15, 0.2) is 41.6 Å². The molecule has 27 heavy (non-hydrogen) atoms. The highest BCUT2D eigenvalue weighted by Gasteiger charge is 2.09. The van der Waals surface area contributed by atoms with Crippen molar-refractivity contribution in [2.75, 3.05) is 24.4 Å². The Morgan fingerprint density at radius 2 is 1.89 bits per heavy atom. The van der Waals surface area contributed by atoms with Crippen molar-refractivity contribution in [2.24, 2.45) is 5.16 Å². The molecule has 2 aromatic carbocycles. The minimum absolute atomic E-state index is 0.372. The molecule has 142 valence electrons. The number of oxime groups is 1. The van der Waals surface area contributed by atoms with E-state index >= 15 is 0 Å². The van der Waals surface area contributed by atoms with Crippen molar-refractivity contribution >= 4 is 41.0 Å². The van der Waals surface area contributed by atoms with Crippen LogP contribution in [-0.2, 0) is 14.4 Å². The molecule has 0 fully saturated rings. The first-order valence-electron chi connectivity index (χ1n) is 8.06. The minimum atomic E-state index is -0.470. The molecule has 0 spiro atoms. The lowest BCUT2D eigenvalue weighted by atomic mass is 10.1. The number of nitrogens with zero attached hydrogens (tertiary/aromatic N) is 1. The lowest BCUT2D eigenvalue weighted by Crippen LogP contribution is -2.18. The molecular formula is C19H20ClN3O4. The van der Waals surface area contributed by atoms with E-state index in [4.69, 9.17) is 21.2 Å². The SMILES string of the molecule is COc1ccc(Cl)cc1NC(=O)CO/N=C\C(=O)Nc1ccc(C)cc1C. The number of nitrogens with one attached hydrogen (secondary N) is 2. The fourth-order valence-corrected chi connectivity index (χ4v) is 2.44. The molecule has 0 heterocycles. The van der Waals surface area contributed by atoms with Gasteiger partial charge in [-0.25, -0.2) is 0 Å². The summed E-state index contributed by atoms with van der Waals surface area (Å²) in [5.41, 5.74) is 3.13. The van der Waals surface area contributed by atoms with Crippen LogP contribution in [0.5, 0.6) is 5.75 Å². The minimum Gasteiger partial charge on any atom is -0.495 e. The van der Waals surface area contributed by atoms with Crippen LogP contribution in [0.4, 0.5) is 11.4 Å². The first-order chi connectivity index (χ1) is 12.9. The molecule has 2 N–H and O–H groups in total. The number of amides is 2. The molecule has 2 aromatic rings. The zero-order valence-electron chi connectivity index (χ0n) is 15.2. The maximum absolute atomic E-state index is 11.9. The van der Waals surface area contributed by atoms with Gasteiger partial charge in [-0.3, -0.25) is 9.59 Å². The van der Waals surface area contributed by atoms with Gasteiger partial charge in [-0.1, -0.05) is 34.5 Å². The van der Waals surface area contributed by atoms with E-state index in [1.54, 1.807) is 18.2 Å². The Morgan fingerprint density at radius 1 is 1.11 bits per heavy atom. The number of carbonyl (C=O) groups excluding carboxylic acids is 2. The van der Waals surface area contributed by atoms with Crippen molar-refractivity contribution in [2.45, 2.75) is 13.8 Å². The molecule has 0 aromatic heterocycles. The second-order valence-corrected chi connectivity index (χ2v) is 6.14. The van der Waals surface area contributed by atoms with Crippen molar-refractivity contribution in [1.29, 1.82) is 0 Å². The van der Waals surface area contributed by atoms with Gasteiger partial charge in [0.1, 0.15) is 12.0 Å². The van der Waals surface area contributed by atoms with Crippen LogP contribution in [0, 0.1) is 13.8 Å². The van der Waals surface area contributed by atoms with Crippen LogP contribution in [0.1, 0.15) is 11.1 Å². The normalized spacial score (nSPS) is 10.5. The molecule has 0 atom stereocenters. The first-order valence-corrected chi connectivity index (χ1v) is 8.44. The number of halogens is 1. The van der Waals surface area contributed by atoms with E-state index in [1.165, 1.54) is 7.11 Å². The molecule has 0 unspecified atom stereocenters. The van der Waals surface area contributed by atoms with Gasteiger partial charge in [0, 0.05) is 10.7 Å². The third kappa shape index (κ3) is 6.31. The van der Waals surface area contributed by atoms with Crippen LogP contribution in [-0.4, -0.2) is 31.7 Å². The predicted molar refractivity (Wildman–Crippen MR) is 106 cm³/mol.